The summed E-state index contributed by atoms with van der Waals surface area (Å²) in [6.07, 6.45) is 3.72. The third-order valence-electron chi connectivity index (χ3n) is 4.02. The zero-order valence-corrected chi connectivity index (χ0v) is 15.6. The molecule has 0 aliphatic carbocycles. The molecular formula is C18H20ClN5O3. The van der Waals surface area contributed by atoms with Crippen molar-refractivity contribution in [2.24, 2.45) is 5.10 Å². The van der Waals surface area contributed by atoms with Gasteiger partial charge in [0.25, 0.3) is 5.91 Å². The van der Waals surface area contributed by atoms with Crippen molar-refractivity contribution >= 4 is 29.5 Å². The van der Waals surface area contributed by atoms with E-state index in [1.54, 1.807) is 37.6 Å². The Kier molecular flexibility index (Phi) is 6.43. The molecule has 0 radical (unpaired) electrons. The van der Waals surface area contributed by atoms with Gasteiger partial charge >= 0.3 is 0 Å². The molecule has 8 nitrogen and oxygen atoms in total. The zero-order valence-electron chi connectivity index (χ0n) is 14.9. The number of hydrogen-bond donors (Lipinski definition) is 1. The largest absolute Gasteiger partial charge is 0.493 e. The maximum Gasteiger partial charge on any atom is 0.260 e. The van der Waals surface area contributed by atoms with Crippen LogP contribution in [0.1, 0.15) is 18.4 Å². The van der Waals surface area contributed by atoms with E-state index in [-0.39, 0.29) is 12.5 Å². The standard InChI is InChI=1S/C18H20ClN5O3/c1-26-15-10-13(11-20-22-17-7-6-16(19)21-23-17)4-5-14(15)27-12-18(25)24-8-2-3-9-24/h4-7,10-11H,2-3,8-9,12H2,1H3,(H,22,23)/b20-11+. The Labute approximate surface area is 162 Å². The van der Waals surface area contributed by atoms with Crippen molar-refractivity contribution in [2.45, 2.75) is 12.8 Å². The van der Waals surface area contributed by atoms with Crippen LogP contribution in [-0.2, 0) is 4.79 Å². The maximum atomic E-state index is 12.1. The molecule has 2 heterocycles. The van der Waals surface area contributed by atoms with E-state index in [1.807, 2.05) is 11.0 Å². The Balaban J connectivity index is 1.58. The second-order valence-corrected chi connectivity index (χ2v) is 6.29. The first kappa shape index (κ1) is 18.9. The van der Waals surface area contributed by atoms with Crippen LogP contribution in [0.3, 0.4) is 0 Å². The van der Waals surface area contributed by atoms with E-state index < -0.39 is 0 Å². The van der Waals surface area contributed by atoms with Gasteiger partial charge in [-0.15, -0.1) is 10.2 Å². The minimum atomic E-state index is -0.00605. The molecule has 0 atom stereocenters. The highest BCUT2D eigenvalue weighted by Gasteiger charge is 2.18. The highest BCUT2D eigenvalue weighted by atomic mass is 35.5. The molecule has 1 aromatic carbocycles. The summed E-state index contributed by atoms with van der Waals surface area (Å²) in [5.41, 5.74) is 3.55. The average molecular weight is 390 g/mol. The summed E-state index contributed by atoms with van der Waals surface area (Å²) >= 11 is 5.68. The van der Waals surface area contributed by atoms with Crippen molar-refractivity contribution in [1.82, 2.24) is 15.1 Å². The number of halogens is 1. The van der Waals surface area contributed by atoms with Crippen LogP contribution in [0.5, 0.6) is 11.5 Å². The van der Waals surface area contributed by atoms with Crippen LogP contribution in [0.15, 0.2) is 35.4 Å². The van der Waals surface area contributed by atoms with Gasteiger partial charge in [-0.05, 0) is 48.7 Å². The molecule has 1 saturated heterocycles. The number of rotatable bonds is 7. The minimum Gasteiger partial charge on any atom is -0.493 e. The fraction of sp³-hybridized carbons (Fsp3) is 0.333. The van der Waals surface area contributed by atoms with Crippen molar-refractivity contribution in [3.05, 3.63) is 41.0 Å². The summed E-state index contributed by atoms with van der Waals surface area (Å²) in [6, 6.07) is 8.62. The van der Waals surface area contributed by atoms with E-state index in [0.717, 1.165) is 31.5 Å². The highest BCUT2D eigenvalue weighted by molar-refractivity contribution is 6.29. The predicted molar refractivity (Wildman–Crippen MR) is 103 cm³/mol. The first-order chi connectivity index (χ1) is 13.2. The molecule has 142 valence electrons. The molecule has 1 amide bonds. The van der Waals surface area contributed by atoms with Gasteiger partial charge in [0.15, 0.2) is 29.1 Å². The molecule has 1 aliphatic rings. The second kappa shape index (κ2) is 9.18. The van der Waals surface area contributed by atoms with Gasteiger partial charge in [0.05, 0.1) is 13.3 Å². The summed E-state index contributed by atoms with van der Waals surface area (Å²) in [7, 11) is 1.55. The first-order valence-corrected chi connectivity index (χ1v) is 8.90. The van der Waals surface area contributed by atoms with Crippen LogP contribution in [0.25, 0.3) is 0 Å². The van der Waals surface area contributed by atoms with Crippen LogP contribution in [0.4, 0.5) is 5.82 Å². The van der Waals surface area contributed by atoms with Crippen molar-refractivity contribution in [3.63, 3.8) is 0 Å². The van der Waals surface area contributed by atoms with Crippen LogP contribution in [0, 0.1) is 0 Å². The molecule has 0 bridgehead atoms. The van der Waals surface area contributed by atoms with Gasteiger partial charge in [-0.3, -0.25) is 10.2 Å². The lowest BCUT2D eigenvalue weighted by Gasteiger charge is -2.16. The van der Waals surface area contributed by atoms with E-state index >= 15 is 0 Å². The van der Waals surface area contributed by atoms with Crippen molar-refractivity contribution in [2.75, 3.05) is 32.2 Å². The predicted octanol–water partition coefficient (Wildman–Crippen LogP) is 2.59. The number of carbonyl (C=O) groups excluding carboxylic acids is 1. The zero-order chi connectivity index (χ0) is 19.1. The van der Waals surface area contributed by atoms with Crippen molar-refractivity contribution in [1.29, 1.82) is 0 Å². The van der Waals surface area contributed by atoms with Gasteiger partial charge in [0, 0.05) is 13.1 Å². The Morgan fingerprint density at radius 3 is 2.78 bits per heavy atom. The molecule has 1 aliphatic heterocycles. The number of benzene rings is 1. The minimum absolute atomic E-state index is 0.000583. The van der Waals surface area contributed by atoms with E-state index in [1.165, 1.54) is 0 Å². The van der Waals surface area contributed by atoms with Crippen LogP contribution in [-0.4, -0.2) is 54.0 Å². The average Bonchev–Trinajstić information content (AvgIpc) is 3.23. The number of nitrogens with zero attached hydrogens (tertiary/aromatic N) is 4. The highest BCUT2D eigenvalue weighted by Crippen LogP contribution is 2.27. The fourth-order valence-electron chi connectivity index (χ4n) is 2.63. The number of likely N-dealkylation sites (tertiary alicyclic amines) is 1. The third-order valence-corrected chi connectivity index (χ3v) is 4.22. The molecule has 1 fully saturated rings. The van der Waals surface area contributed by atoms with E-state index in [9.17, 15) is 4.79 Å². The fourth-order valence-corrected chi connectivity index (χ4v) is 2.73. The van der Waals surface area contributed by atoms with Crippen LogP contribution >= 0.6 is 11.6 Å². The summed E-state index contributed by atoms with van der Waals surface area (Å²) in [5, 5.41) is 12.0. The maximum absolute atomic E-state index is 12.1. The van der Waals surface area contributed by atoms with Gasteiger partial charge in [-0.25, -0.2) is 0 Å². The number of nitrogens with one attached hydrogen (secondary N) is 1. The van der Waals surface area contributed by atoms with Crippen LogP contribution in [0.2, 0.25) is 5.15 Å². The normalized spacial score (nSPS) is 13.8. The van der Waals surface area contributed by atoms with Gasteiger partial charge in [-0.1, -0.05) is 11.6 Å². The summed E-state index contributed by atoms with van der Waals surface area (Å²) in [6.45, 7) is 1.61. The Hall–Kier alpha value is -2.87. The second-order valence-electron chi connectivity index (χ2n) is 5.90. The van der Waals surface area contributed by atoms with Gasteiger partial charge in [0.1, 0.15) is 0 Å². The summed E-state index contributed by atoms with van der Waals surface area (Å²) in [4.78, 5) is 13.9. The van der Waals surface area contributed by atoms with Crippen LogP contribution < -0.4 is 14.9 Å². The van der Waals surface area contributed by atoms with Crippen molar-refractivity contribution in [3.8, 4) is 11.5 Å². The Morgan fingerprint density at radius 2 is 2.07 bits per heavy atom. The van der Waals surface area contributed by atoms with Gasteiger partial charge in [0.2, 0.25) is 0 Å². The van der Waals surface area contributed by atoms with Gasteiger partial charge < -0.3 is 14.4 Å². The first-order valence-electron chi connectivity index (χ1n) is 8.52. The molecule has 27 heavy (non-hydrogen) atoms. The molecular weight excluding hydrogens is 370 g/mol. The third kappa shape index (κ3) is 5.30. The van der Waals surface area contributed by atoms with Gasteiger partial charge in [-0.2, -0.15) is 5.10 Å². The molecule has 0 unspecified atom stereocenters. The lowest BCUT2D eigenvalue weighted by atomic mass is 10.2. The number of carbonyl (C=O) groups is 1. The van der Waals surface area contributed by atoms with E-state index in [4.69, 9.17) is 21.1 Å². The molecule has 0 spiro atoms. The topological polar surface area (TPSA) is 88.9 Å². The number of ether oxygens (including phenoxy) is 2. The van der Waals surface area contributed by atoms with Crippen molar-refractivity contribution < 1.29 is 14.3 Å². The molecule has 9 heteroatoms. The Morgan fingerprint density at radius 1 is 1.26 bits per heavy atom. The number of anilines is 1. The lowest BCUT2D eigenvalue weighted by molar-refractivity contribution is -0.132. The molecule has 1 N–H and O–H groups in total. The number of amides is 1. The molecule has 2 aromatic rings. The lowest BCUT2D eigenvalue weighted by Crippen LogP contribution is -2.32. The monoisotopic (exact) mass is 389 g/mol. The Bertz CT molecular complexity index is 807. The number of hydrogen-bond acceptors (Lipinski definition) is 7. The number of aromatic nitrogens is 2. The number of methoxy groups -OCH3 is 1. The summed E-state index contributed by atoms with van der Waals surface area (Å²) in [5.74, 6) is 1.51. The quantitative estimate of drug-likeness (QED) is 0.578. The molecule has 3 rings (SSSR count). The smallest absolute Gasteiger partial charge is 0.260 e. The molecule has 1 aromatic heterocycles. The summed E-state index contributed by atoms with van der Waals surface area (Å²) < 4.78 is 11.0. The number of hydrazone groups is 1. The van der Waals surface area contributed by atoms with E-state index in [0.29, 0.717) is 22.5 Å². The SMILES string of the molecule is COc1cc(/C=N/Nc2ccc(Cl)nn2)ccc1OCC(=O)N1CCCC1. The van der Waals surface area contributed by atoms with E-state index in [2.05, 4.69) is 20.7 Å². The molecule has 0 saturated carbocycles.